The molecule has 0 aromatic heterocycles. The largest absolute Gasteiger partial charge is 0.478 e. The van der Waals surface area contributed by atoms with E-state index < -0.39 is 5.97 Å². The number of allylic oxidation sites excluding steroid dienone is 2. The zero-order valence-electron chi connectivity index (χ0n) is 6.79. The van der Waals surface area contributed by atoms with Gasteiger partial charge in [-0.05, 0) is 18.8 Å². The molecule has 0 heterocycles. The highest BCUT2D eigenvalue weighted by Crippen LogP contribution is 2.14. The fourth-order valence-corrected chi connectivity index (χ4v) is 0.784. The highest BCUT2D eigenvalue weighted by atomic mass is 16.4. The molecule has 0 aromatic rings. The molecule has 0 aliphatic heterocycles. The molecular weight excluding hydrogens is 140 g/mol. The number of carboxylic acids is 1. The summed E-state index contributed by atoms with van der Waals surface area (Å²) in [6.07, 6.45) is 8.05. The average molecular weight is 154 g/mol. The third kappa shape index (κ3) is 6.84. The second-order valence-corrected chi connectivity index (χ2v) is 2.53. The second kappa shape index (κ2) is 5.71. The molecule has 11 heavy (non-hydrogen) atoms. The van der Waals surface area contributed by atoms with E-state index in [1.807, 2.05) is 0 Å². The van der Waals surface area contributed by atoms with Gasteiger partial charge in [0, 0.05) is 6.08 Å². The third-order valence-corrected chi connectivity index (χ3v) is 1.43. The van der Waals surface area contributed by atoms with E-state index in [0.29, 0.717) is 0 Å². The van der Waals surface area contributed by atoms with Crippen LogP contribution in [-0.4, -0.2) is 11.1 Å². The summed E-state index contributed by atoms with van der Waals surface area (Å²) in [4.78, 5) is 9.25. The van der Waals surface area contributed by atoms with E-state index in [1.165, 1.54) is 12.8 Å². The molecule has 0 aromatic carbocycles. The summed E-state index contributed by atoms with van der Waals surface area (Å²) >= 11 is 0. The van der Waals surface area contributed by atoms with Crippen molar-refractivity contribution >= 4 is 5.97 Å². The molecule has 0 radical (unpaired) electrons. The van der Waals surface area contributed by atoms with Crippen molar-refractivity contribution in [3.8, 4) is 0 Å². The molecule has 1 aliphatic carbocycles. The number of carboxylic acid groups (broad SMARTS) is 1. The van der Waals surface area contributed by atoms with Crippen LogP contribution in [0.15, 0.2) is 24.8 Å². The topological polar surface area (TPSA) is 37.3 Å². The molecule has 2 nitrogen and oxygen atoms in total. The van der Waals surface area contributed by atoms with Crippen LogP contribution in [0.4, 0.5) is 0 Å². The van der Waals surface area contributed by atoms with Crippen molar-refractivity contribution in [1.82, 2.24) is 0 Å². The number of hydrogen-bond donors (Lipinski definition) is 1. The van der Waals surface area contributed by atoms with E-state index in [-0.39, 0.29) is 0 Å². The Bertz CT molecular complexity index is 159. The Hall–Kier alpha value is -1.05. The third-order valence-electron chi connectivity index (χ3n) is 1.43. The normalized spacial score (nSPS) is 20.3. The highest BCUT2D eigenvalue weighted by Gasteiger charge is 1.98. The quantitative estimate of drug-likeness (QED) is 0.464. The highest BCUT2D eigenvalue weighted by molar-refractivity contribution is 5.78. The summed E-state index contributed by atoms with van der Waals surface area (Å²) in [7, 11) is 0. The summed E-state index contributed by atoms with van der Waals surface area (Å²) in [5, 5.41) is 7.60. The van der Waals surface area contributed by atoms with Crippen molar-refractivity contribution in [2.45, 2.75) is 19.8 Å². The van der Waals surface area contributed by atoms with E-state index in [4.69, 9.17) is 5.11 Å². The molecule has 1 N–H and O–H groups in total. The first-order valence-corrected chi connectivity index (χ1v) is 3.69. The van der Waals surface area contributed by atoms with Gasteiger partial charge in [0.1, 0.15) is 0 Å². The summed E-state index contributed by atoms with van der Waals surface area (Å²) < 4.78 is 0. The van der Waals surface area contributed by atoms with Crippen LogP contribution in [-0.2, 0) is 4.79 Å². The number of hydrogen-bond acceptors (Lipinski definition) is 1. The molecule has 1 aliphatic rings. The second-order valence-electron chi connectivity index (χ2n) is 2.53. The summed E-state index contributed by atoms with van der Waals surface area (Å²) in [6.45, 7) is 5.21. The first-order valence-electron chi connectivity index (χ1n) is 3.69. The van der Waals surface area contributed by atoms with Crippen molar-refractivity contribution in [2.24, 2.45) is 5.92 Å². The predicted octanol–water partition coefficient (Wildman–Crippen LogP) is 2.23. The maximum absolute atomic E-state index is 9.25. The number of carbonyl (C=O) groups is 1. The van der Waals surface area contributed by atoms with E-state index >= 15 is 0 Å². The van der Waals surface area contributed by atoms with Gasteiger partial charge in [-0.2, -0.15) is 0 Å². The predicted molar refractivity (Wildman–Crippen MR) is 45.4 cm³/mol. The van der Waals surface area contributed by atoms with Crippen LogP contribution in [0.2, 0.25) is 0 Å². The van der Waals surface area contributed by atoms with Crippen molar-refractivity contribution < 1.29 is 9.90 Å². The zero-order valence-corrected chi connectivity index (χ0v) is 6.79. The van der Waals surface area contributed by atoms with Gasteiger partial charge in [0.2, 0.25) is 0 Å². The fourth-order valence-electron chi connectivity index (χ4n) is 0.784. The van der Waals surface area contributed by atoms with E-state index in [0.717, 1.165) is 12.0 Å². The molecular formula is C9H14O2. The lowest BCUT2D eigenvalue weighted by molar-refractivity contribution is -0.131. The van der Waals surface area contributed by atoms with Gasteiger partial charge in [-0.3, -0.25) is 0 Å². The maximum Gasteiger partial charge on any atom is 0.327 e. The van der Waals surface area contributed by atoms with Crippen LogP contribution in [0.25, 0.3) is 0 Å². The smallest absolute Gasteiger partial charge is 0.327 e. The lowest BCUT2D eigenvalue weighted by Crippen LogP contribution is -1.82. The Morgan fingerprint density at radius 3 is 2.45 bits per heavy atom. The van der Waals surface area contributed by atoms with Crippen molar-refractivity contribution in [3.05, 3.63) is 24.8 Å². The van der Waals surface area contributed by atoms with Gasteiger partial charge in [-0.1, -0.05) is 25.7 Å². The Balaban J connectivity index is 0.000000187. The molecule has 0 fully saturated rings. The van der Waals surface area contributed by atoms with E-state index in [9.17, 15) is 4.79 Å². The summed E-state index contributed by atoms with van der Waals surface area (Å²) in [6, 6.07) is 0. The van der Waals surface area contributed by atoms with Gasteiger partial charge >= 0.3 is 5.97 Å². The molecule has 0 saturated heterocycles. The minimum absolute atomic E-state index is 0.833. The van der Waals surface area contributed by atoms with Crippen LogP contribution in [0.1, 0.15) is 19.8 Å². The number of rotatable bonds is 1. The molecule has 62 valence electrons. The fraction of sp³-hybridized carbons (Fsp3) is 0.444. The van der Waals surface area contributed by atoms with Crippen LogP contribution in [0, 0.1) is 5.92 Å². The molecule has 0 bridgehead atoms. The standard InChI is InChI=1S/C6H10.C3H4O2/c1-6-4-2-3-5-6;1-2-3(4)5/h2,4,6H,3,5H2,1H3;2H,1H2,(H,4,5). The van der Waals surface area contributed by atoms with E-state index in [2.05, 4.69) is 25.7 Å². The van der Waals surface area contributed by atoms with Crippen LogP contribution >= 0.6 is 0 Å². The maximum atomic E-state index is 9.25. The monoisotopic (exact) mass is 154 g/mol. The van der Waals surface area contributed by atoms with Gasteiger partial charge < -0.3 is 5.11 Å². The Morgan fingerprint density at radius 2 is 2.36 bits per heavy atom. The first-order chi connectivity index (χ1) is 5.16. The minimum Gasteiger partial charge on any atom is -0.478 e. The first kappa shape index (κ1) is 9.95. The summed E-state index contributed by atoms with van der Waals surface area (Å²) in [5.74, 6) is -0.116. The van der Waals surface area contributed by atoms with Crippen LogP contribution in [0.5, 0.6) is 0 Å². The van der Waals surface area contributed by atoms with Gasteiger partial charge in [0.05, 0.1) is 0 Å². The molecule has 1 rings (SSSR count). The lowest BCUT2D eigenvalue weighted by atomic mass is 10.2. The SMILES string of the molecule is C=CC(=O)O.CC1C=CCC1. The summed E-state index contributed by atoms with van der Waals surface area (Å²) in [5.41, 5.74) is 0. The molecule has 0 amide bonds. The van der Waals surface area contributed by atoms with Gasteiger partial charge in [-0.15, -0.1) is 0 Å². The average Bonchev–Trinajstić information content (AvgIpc) is 2.41. The van der Waals surface area contributed by atoms with Crippen LogP contribution in [0.3, 0.4) is 0 Å². The van der Waals surface area contributed by atoms with Crippen molar-refractivity contribution in [1.29, 1.82) is 0 Å². The minimum atomic E-state index is -0.981. The Kier molecular flexibility index (Phi) is 5.17. The van der Waals surface area contributed by atoms with Gasteiger partial charge in [-0.25, -0.2) is 4.79 Å². The van der Waals surface area contributed by atoms with Crippen molar-refractivity contribution in [3.63, 3.8) is 0 Å². The van der Waals surface area contributed by atoms with E-state index in [1.54, 1.807) is 0 Å². The van der Waals surface area contributed by atoms with Crippen LogP contribution < -0.4 is 0 Å². The Labute approximate surface area is 67.2 Å². The molecule has 0 saturated carbocycles. The molecule has 2 heteroatoms. The molecule has 1 atom stereocenters. The van der Waals surface area contributed by atoms with Gasteiger partial charge in [0.25, 0.3) is 0 Å². The Morgan fingerprint density at radius 1 is 1.82 bits per heavy atom. The lowest BCUT2D eigenvalue weighted by Gasteiger charge is -1.89. The zero-order chi connectivity index (χ0) is 8.69. The number of aliphatic carboxylic acids is 1. The molecule has 0 spiro atoms. The molecule has 1 unspecified atom stereocenters. The van der Waals surface area contributed by atoms with Crippen molar-refractivity contribution in [2.75, 3.05) is 0 Å². The van der Waals surface area contributed by atoms with Gasteiger partial charge in [0.15, 0.2) is 0 Å².